The van der Waals surface area contributed by atoms with Gasteiger partial charge in [0.25, 0.3) is 0 Å². The summed E-state index contributed by atoms with van der Waals surface area (Å²) in [6.45, 7) is 5.46. The van der Waals surface area contributed by atoms with Crippen LogP contribution >= 0.6 is 8.58 Å². The average molecular weight is 610 g/mol. The van der Waals surface area contributed by atoms with Gasteiger partial charge < -0.3 is 18.2 Å². The number of unbranched alkanes of at least 4 members (excludes halogenated alkanes) is 24. The first-order chi connectivity index (χ1) is 20.4. The van der Waals surface area contributed by atoms with E-state index in [1.165, 1.54) is 195 Å². The Kier molecular flexibility index (Phi) is 32.6. The molecule has 2 nitrogen and oxygen atoms in total. The molecule has 0 rings (SSSR count). The van der Waals surface area contributed by atoms with Gasteiger partial charge in [0, 0.05) is 0 Å². The number of aliphatic hydroxyl groups excluding tert-OH is 1. The lowest BCUT2D eigenvalue weighted by molar-refractivity contribution is -0.871. The number of aliphatic hydroxyl groups is 1. The third-order valence-electron chi connectivity index (χ3n) is 8.78. The number of nitrogens with zero attached hydrogens (tertiary/aromatic N) is 1. The summed E-state index contributed by atoms with van der Waals surface area (Å²) >= 11 is 0. The van der Waals surface area contributed by atoms with E-state index in [0.29, 0.717) is 5.66 Å². The molecule has 3 heteroatoms. The Hall–Kier alpha value is 0.0900. The standard InChI is InChI=1S/C39H80NOP/c1-6-8-10-12-14-16-18-20-22-24-26-28-30-32-34-36-38(42-39(41)37-40(3,4)5)35-33-31-29-27-25-23-21-19-17-15-13-11-9-7-2/h20,22,38-39,41H,6-19,21,23-37H2,1-5H3/b22-20-. The van der Waals surface area contributed by atoms with E-state index in [4.69, 9.17) is 0 Å². The minimum absolute atomic E-state index is 0.176. The first-order valence-electron chi connectivity index (χ1n) is 19.2. The quantitative estimate of drug-likeness (QED) is 0.0333. The zero-order chi connectivity index (χ0) is 31.0. The van der Waals surface area contributed by atoms with Crippen LogP contribution in [0.3, 0.4) is 0 Å². The molecule has 252 valence electrons. The topological polar surface area (TPSA) is 20.2 Å². The zero-order valence-electron chi connectivity index (χ0n) is 29.9. The molecular weight excluding hydrogens is 529 g/mol. The molecule has 0 aliphatic carbocycles. The van der Waals surface area contributed by atoms with E-state index in [1.54, 1.807) is 0 Å². The minimum Gasteiger partial charge on any atom is -0.498 e. The molecule has 0 heterocycles. The molecule has 0 bridgehead atoms. The molecule has 42 heavy (non-hydrogen) atoms. The van der Waals surface area contributed by atoms with Gasteiger partial charge in [0.05, 0.1) is 27.7 Å². The Balaban J connectivity index is 3.91. The van der Waals surface area contributed by atoms with Crippen molar-refractivity contribution in [1.82, 2.24) is 0 Å². The predicted molar refractivity (Wildman–Crippen MR) is 194 cm³/mol. The van der Waals surface area contributed by atoms with Crippen LogP contribution in [0.4, 0.5) is 0 Å². The second-order valence-electron chi connectivity index (χ2n) is 14.5. The average Bonchev–Trinajstić information content (AvgIpc) is 2.94. The number of quaternary nitrogens is 1. The second-order valence-corrected chi connectivity index (χ2v) is 16.1. The van der Waals surface area contributed by atoms with Gasteiger partial charge in [-0.25, -0.2) is 0 Å². The van der Waals surface area contributed by atoms with Crippen molar-refractivity contribution in [1.29, 1.82) is 0 Å². The van der Waals surface area contributed by atoms with E-state index in [9.17, 15) is 5.11 Å². The van der Waals surface area contributed by atoms with Crippen LogP contribution in [0.5, 0.6) is 0 Å². The van der Waals surface area contributed by atoms with Crippen molar-refractivity contribution in [2.75, 3.05) is 27.7 Å². The highest BCUT2D eigenvalue weighted by Gasteiger charge is 2.11. The van der Waals surface area contributed by atoms with Gasteiger partial charge in [-0.15, -0.1) is 0 Å². The Bertz CT molecular complexity index is 543. The maximum atomic E-state index is 10.8. The molecule has 0 radical (unpaired) electrons. The van der Waals surface area contributed by atoms with Crippen molar-refractivity contribution in [3.63, 3.8) is 0 Å². The predicted octanol–water partition coefficient (Wildman–Crippen LogP) is 13.2. The fourth-order valence-electron chi connectivity index (χ4n) is 6.10. The second kappa shape index (κ2) is 32.5. The van der Waals surface area contributed by atoms with Gasteiger partial charge in [-0.05, 0) is 31.5 Å². The number of allylic oxidation sites excluding steroid dienone is 2. The number of likely N-dealkylation sites (N-methyl/N-ethyl adjacent to an activating group) is 1. The monoisotopic (exact) mass is 610 g/mol. The third-order valence-corrected chi connectivity index (χ3v) is 10.2. The summed E-state index contributed by atoms with van der Waals surface area (Å²) in [4.78, 5) is 0. The Morgan fingerprint density at radius 1 is 0.476 bits per heavy atom. The lowest BCUT2D eigenvalue weighted by atomic mass is 10.0. The van der Waals surface area contributed by atoms with Crippen molar-refractivity contribution < 1.29 is 9.59 Å². The minimum atomic E-state index is -0.176. The SMILES string of the molecule is CCCCCCCC/C=C\CCCCCCCC(CCCCCCCCCCCCCCCC)[P-]C(O)C[N+](C)(C)C. The molecule has 0 amide bonds. The molecule has 2 atom stereocenters. The normalized spacial score (nSPS) is 14.0. The summed E-state index contributed by atoms with van der Waals surface area (Å²) in [6, 6.07) is 0. The van der Waals surface area contributed by atoms with Crippen molar-refractivity contribution in [2.24, 2.45) is 0 Å². The van der Waals surface area contributed by atoms with Gasteiger partial charge in [0.15, 0.2) is 0 Å². The van der Waals surface area contributed by atoms with Crippen LogP contribution in [0.25, 0.3) is 0 Å². The summed E-state index contributed by atoms with van der Waals surface area (Å²) in [5, 5.41) is 10.8. The zero-order valence-corrected chi connectivity index (χ0v) is 30.8. The largest absolute Gasteiger partial charge is 0.498 e. The fraction of sp³-hybridized carbons (Fsp3) is 0.949. The third kappa shape index (κ3) is 34.6. The Labute approximate surface area is 269 Å². The highest BCUT2D eigenvalue weighted by Crippen LogP contribution is 2.33. The fourth-order valence-corrected chi connectivity index (χ4v) is 7.83. The molecule has 0 aromatic heterocycles. The molecule has 0 aliphatic heterocycles. The molecule has 0 saturated heterocycles. The van der Waals surface area contributed by atoms with Crippen molar-refractivity contribution in [3.8, 4) is 0 Å². The molecule has 0 spiro atoms. The van der Waals surface area contributed by atoms with Gasteiger partial charge in [-0.1, -0.05) is 187 Å². The molecular formula is C39H80NOP. The van der Waals surface area contributed by atoms with Gasteiger partial charge in [0.2, 0.25) is 0 Å². The number of rotatable bonds is 34. The first-order valence-corrected chi connectivity index (χ1v) is 20.3. The van der Waals surface area contributed by atoms with Crippen LogP contribution in [-0.4, -0.2) is 48.8 Å². The summed E-state index contributed by atoms with van der Waals surface area (Å²) in [5.74, 6) is -0.176. The lowest BCUT2D eigenvalue weighted by Crippen LogP contribution is -2.40. The van der Waals surface area contributed by atoms with E-state index in [2.05, 4.69) is 47.1 Å². The highest BCUT2D eigenvalue weighted by molar-refractivity contribution is 7.39. The number of hydrogen-bond acceptors (Lipinski definition) is 1. The van der Waals surface area contributed by atoms with E-state index in [1.807, 2.05) is 0 Å². The lowest BCUT2D eigenvalue weighted by Gasteiger charge is -2.38. The summed E-state index contributed by atoms with van der Waals surface area (Å²) < 4.78 is 0.854. The van der Waals surface area contributed by atoms with Gasteiger partial charge >= 0.3 is 0 Å². The molecule has 0 fully saturated rings. The van der Waals surface area contributed by atoms with Crippen LogP contribution in [0.1, 0.15) is 200 Å². The smallest absolute Gasteiger partial charge is 0.0770 e. The maximum Gasteiger partial charge on any atom is 0.0770 e. The van der Waals surface area contributed by atoms with Crippen molar-refractivity contribution in [3.05, 3.63) is 12.2 Å². The van der Waals surface area contributed by atoms with E-state index in [0.717, 1.165) is 11.0 Å². The molecule has 0 aromatic rings. The van der Waals surface area contributed by atoms with Crippen LogP contribution in [0, 0.1) is 0 Å². The van der Waals surface area contributed by atoms with Crippen molar-refractivity contribution in [2.45, 2.75) is 212 Å². The van der Waals surface area contributed by atoms with Crippen LogP contribution in [0.2, 0.25) is 0 Å². The highest BCUT2D eigenvalue weighted by atomic mass is 31.1. The van der Waals surface area contributed by atoms with Gasteiger partial charge in [-0.3, -0.25) is 0 Å². The molecule has 0 saturated carbocycles. The van der Waals surface area contributed by atoms with Crippen LogP contribution < -0.4 is 0 Å². The Morgan fingerprint density at radius 3 is 1.12 bits per heavy atom. The van der Waals surface area contributed by atoms with Crippen molar-refractivity contribution >= 4 is 8.58 Å². The molecule has 2 unspecified atom stereocenters. The van der Waals surface area contributed by atoms with E-state index in [-0.39, 0.29) is 5.85 Å². The molecule has 1 N–H and O–H groups in total. The molecule has 0 aliphatic rings. The van der Waals surface area contributed by atoms with E-state index < -0.39 is 0 Å². The first kappa shape index (κ1) is 42.1. The van der Waals surface area contributed by atoms with E-state index >= 15 is 0 Å². The maximum absolute atomic E-state index is 10.8. The number of hydrogen-bond donors (Lipinski definition) is 1. The summed E-state index contributed by atoms with van der Waals surface area (Å²) in [6.07, 6.45) is 45.3. The summed E-state index contributed by atoms with van der Waals surface area (Å²) in [5.41, 5.74) is 0.689. The van der Waals surface area contributed by atoms with Crippen LogP contribution in [0.15, 0.2) is 12.2 Å². The van der Waals surface area contributed by atoms with Gasteiger partial charge in [-0.2, -0.15) is 5.66 Å². The summed E-state index contributed by atoms with van der Waals surface area (Å²) in [7, 11) is 7.90. The molecule has 0 aromatic carbocycles. The Morgan fingerprint density at radius 2 is 0.786 bits per heavy atom. The van der Waals surface area contributed by atoms with Crippen LogP contribution in [-0.2, 0) is 0 Å². The van der Waals surface area contributed by atoms with Gasteiger partial charge in [0.1, 0.15) is 0 Å².